The topological polar surface area (TPSA) is 6.48 Å². The number of rotatable bonds is 0. The van der Waals surface area contributed by atoms with Crippen LogP contribution in [0, 0.1) is 0 Å². The quantitative estimate of drug-likeness (QED) is 0.169. The fraction of sp³-hybridized carbons (Fsp3) is 0.238. The second-order valence-electron chi connectivity index (χ2n) is 12.6. The van der Waals surface area contributed by atoms with E-state index in [1.54, 1.807) is 11.1 Å². The predicted octanol–water partition coefficient (Wildman–Crippen LogP) is 9.82. The Kier molecular flexibility index (Phi) is 9.66. The van der Waals surface area contributed by atoms with Crippen LogP contribution in [0.25, 0.3) is 35.5 Å². The van der Waals surface area contributed by atoms with E-state index in [0.29, 0.717) is 0 Å². The molecule has 2 fully saturated rings. The Morgan fingerprint density at radius 2 is 0.622 bits per heavy atom. The van der Waals surface area contributed by atoms with E-state index in [2.05, 4.69) is 145 Å². The van der Waals surface area contributed by atoms with Gasteiger partial charge in [-0.15, -0.1) is 12.4 Å². The minimum Gasteiger partial charge on any atom is -0.306 e. The molecule has 2 aliphatic heterocycles. The summed E-state index contributed by atoms with van der Waals surface area (Å²) >= 11 is 0. The Morgan fingerprint density at radius 1 is 0.378 bits per heavy atom. The molecule has 0 saturated carbocycles. The van der Waals surface area contributed by atoms with E-state index in [1.807, 2.05) is 0 Å². The van der Waals surface area contributed by atoms with Crippen molar-refractivity contribution in [3.8, 4) is 0 Å². The summed E-state index contributed by atoms with van der Waals surface area (Å²) in [4.78, 5) is 4.85. The largest absolute Gasteiger partial charge is 0.306 e. The molecule has 2 heterocycles. The molecule has 2 nitrogen and oxygen atoms in total. The fourth-order valence-electron chi connectivity index (χ4n) is 7.17. The van der Waals surface area contributed by atoms with Crippen molar-refractivity contribution in [3.63, 3.8) is 0 Å². The Labute approximate surface area is 275 Å². The minimum atomic E-state index is 0. The van der Waals surface area contributed by atoms with Crippen molar-refractivity contribution in [2.24, 2.45) is 0 Å². The van der Waals surface area contributed by atoms with Crippen molar-refractivity contribution in [2.45, 2.75) is 25.7 Å². The molecule has 4 aliphatic rings. The number of hydrogen-bond acceptors (Lipinski definition) is 2. The van der Waals surface area contributed by atoms with Crippen molar-refractivity contribution in [1.29, 1.82) is 0 Å². The van der Waals surface area contributed by atoms with Crippen molar-refractivity contribution in [2.75, 3.05) is 40.3 Å². The van der Waals surface area contributed by atoms with E-state index >= 15 is 0 Å². The van der Waals surface area contributed by atoms with E-state index in [4.69, 9.17) is 0 Å². The molecule has 0 spiro atoms. The summed E-state index contributed by atoms with van der Waals surface area (Å²) in [6, 6.07) is 35.2. The molecule has 0 bridgehead atoms. The van der Waals surface area contributed by atoms with Gasteiger partial charge in [-0.25, -0.2) is 0 Å². The van der Waals surface area contributed by atoms with E-state index < -0.39 is 0 Å². The fourth-order valence-corrected chi connectivity index (χ4v) is 7.17. The van der Waals surface area contributed by atoms with Crippen LogP contribution in [0.2, 0.25) is 0 Å². The lowest BCUT2D eigenvalue weighted by molar-refractivity contribution is 0.313. The molecule has 0 radical (unpaired) electrons. The van der Waals surface area contributed by atoms with Crippen LogP contribution in [0.1, 0.15) is 70.2 Å². The first kappa shape index (κ1) is 31.0. The van der Waals surface area contributed by atoms with Gasteiger partial charge in [-0.05, 0) is 95.4 Å². The third kappa shape index (κ3) is 6.56. The highest BCUT2D eigenvalue weighted by molar-refractivity contribution is 5.96. The molecule has 4 aromatic carbocycles. The molecule has 0 atom stereocenters. The van der Waals surface area contributed by atoms with Gasteiger partial charge in [0.05, 0.1) is 0 Å². The van der Waals surface area contributed by atoms with Gasteiger partial charge in [-0.3, -0.25) is 0 Å². The third-order valence-electron chi connectivity index (χ3n) is 9.69. The van der Waals surface area contributed by atoms with Crippen molar-refractivity contribution < 1.29 is 0 Å². The van der Waals surface area contributed by atoms with Gasteiger partial charge >= 0.3 is 0 Å². The Bertz CT molecular complexity index is 1550. The standard InChI is InChI=1S/2C21H21N.ClH/c2*1-22-14-12-18(13-15-22)21-19-8-4-2-6-16(19)10-11-17-7-3-5-9-20(17)21;/h2*2-11H,12-15H2,1H3;1H. The average Bonchev–Trinajstić information content (AvgIpc) is 3.34. The number of hydrogen-bond donors (Lipinski definition) is 0. The number of benzene rings is 4. The van der Waals surface area contributed by atoms with E-state index in [-0.39, 0.29) is 12.4 Å². The van der Waals surface area contributed by atoms with E-state index in [0.717, 1.165) is 26.2 Å². The number of likely N-dealkylation sites (tertiary alicyclic amines) is 2. The number of nitrogens with zero attached hydrogens (tertiary/aromatic N) is 2. The van der Waals surface area contributed by atoms with E-state index in [9.17, 15) is 0 Å². The zero-order valence-corrected chi connectivity index (χ0v) is 27.3. The molecule has 0 amide bonds. The second-order valence-corrected chi connectivity index (χ2v) is 12.6. The lowest BCUT2D eigenvalue weighted by atomic mass is 9.86. The molecule has 3 heteroatoms. The van der Waals surface area contributed by atoms with Gasteiger partial charge in [0.2, 0.25) is 0 Å². The lowest BCUT2D eigenvalue weighted by Crippen LogP contribution is -2.27. The normalized spacial score (nSPS) is 17.5. The van der Waals surface area contributed by atoms with Crippen LogP contribution in [0.4, 0.5) is 0 Å². The highest BCUT2D eigenvalue weighted by atomic mass is 35.5. The van der Waals surface area contributed by atoms with E-state index in [1.165, 1.54) is 81.3 Å². The molecule has 0 aromatic heterocycles. The molecular weight excluding hydrogens is 568 g/mol. The lowest BCUT2D eigenvalue weighted by Gasteiger charge is -2.27. The minimum absolute atomic E-state index is 0. The monoisotopic (exact) mass is 610 g/mol. The van der Waals surface area contributed by atoms with Crippen LogP contribution in [-0.2, 0) is 0 Å². The van der Waals surface area contributed by atoms with Crippen molar-refractivity contribution in [3.05, 3.63) is 153 Å². The molecule has 2 saturated heterocycles. The van der Waals surface area contributed by atoms with Gasteiger partial charge in [0.25, 0.3) is 0 Å². The van der Waals surface area contributed by atoms with Crippen LogP contribution >= 0.6 is 12.4 Å². The smallest absolute Gasteiger partial charge is 0.00160 e. The highest BCUT2D eigenvalue weighted by Crippen LogP contribution is 2.40. The first-order valence-electron chi connectivity index (χ1n) is 16.2. The number of halogens is 1. The zero-order valence-electron chi connectivity index (χ0n) is 26.5. The van der Waals surface area contributed by atoms with Crippen LogP contribution in [0.5, 0.6) is 0 Å². The maximum Gasteiger partial charge on any atom is 0.00160 e. The van der Waals surface area contributed by atoms with Crippen LogP contribution in [-0.4, -0.2) is 50.1 Å². The molecule has 45 heavy (non-hydrogen) atoms. The Morgan fingerprint density at radius 3 is 0.889 bits per heavy atom. The van der Waals surface area contributed by atoms with Gasteiger partial charge in [0.15, 0.2) is 0 Å². The summed E-state index contributed by atoms with van der Waals surface area (Å²) < 4.78 is 0. The molecule has 2 aliphatic carbocycles. The number of fused-ring (bicyclic) bond motifs is 4. The molecule has 228 valence electrons. The molecule has 0 unspecified atom stereocenters. The summed E-state index contributed by atoms with van der Waals surface area (Å²) in [5.41, 5.74) is 17.1. The van der Waals surface area contributed by atoms with Gasteiger partial charge < -0.3 is 9.80 Å². The SMILES string of the molecule is CN1CCC(=C2c3ccccc3C=Cc3ccccc32)CC1.CN1CCC(=C2c3ccccc3C=Cc3ccccc32)CC1.Cl. The number of piperidine rings is 2. The molecule has 4 aromatic rings. The van der Waals surface area contributed by atoms with Crippen LogP contribution in [0.3, 0.4) is 0 Å². The van der Waals surface area contributed by atoms with Gasteiger partial charge in [0, 0.05) is 26.2 Å². The highest BCUT2D eigenvalue weighted by Gasteiger charge is 2.22. The van der Waals surface area contributed by atoms with Gasteiger partial charge in [-0.1, -0.05) is 133 Å². The van der Waals surface area contributed by atoms with Crippen LogP contribution in [0.15, 0.2) is 108 Å². The maximum atomic E-state index is 2.43. The predicted molar refractivity (Wildman–Crippen MR) is 196 cm³/mol. The molecule has 0 N–H and O–H groups in total. The summed E-state index contributed by atoms with van der Waals surface area (Å²) in [6.07, 6.45) is 13.7. The van der Waals surface area contributed by atoms with Crippen LogP contribution < -0.4 is 0 Å². The molecule has 8 rings (SSSR count). The summed E-state index contributed by atoms with van der Waals surface area (Å²) in [5, 5.41) is 0. The third-order valence-corrected chi connectivity index (χ3v) is 9.69. The molecular formula is C42H43ClN2. The van der Waals surface area contributed by atoms with Gasteiger partial charge in [0.1, 0.15) is 0 Å². The van der Waals surface area contributed by atoms with Gasteiger partial charge in [-0.2, -0.15) is 0 Å². The zero-order chi connectivity index (χ0) is 29.9. The Balaban J connectivity index is 0.000000155. The van der Waals surface area contributed by atoms with Crippen molar-refractivity contribution in [1.82, 2.24) is 9.80 Å². The maximum absolute atomic E-state index is 2.43. The first-order valence-corrected chi connectivity index (χ1v) is 16.2. The summed E-state index contributed by atoms with van der Waals surface area (Å²) in [7, 11) is 4.44. The summed E-state index contributed by atoms with van der Waals surface area (Å²) in [5.74, 6) is 0. The Hall–Kier alpha value is -3.95. The first-order chi connectivity index (χ1) is 21.7. The summed E-state index contributed by atoms with van der Waals surface area (Å²) in [6.45, 7) is 4.65. The second kappa shape index (κ2) is 14.0. The average molecular weight is 611 g/mol. The van der Waals surface area contributed by atoms with Crippen molar-refractivity contribution >= 4 is 47.9 Å².